The molecule has 12 atom stereocenters. The fourth-order valence-corrected chi connectivity index (χ4v) is 22.3. The van der Waals surface area contributed by atoms with Crippen LogP contribution in [0.15, 0.2) is 194 Å². The lowest BCUT2D eigenvalue weighted by molar-refractivity contribution is -0.139. The van der Waals surface area contributed by atoms with Crippen LogP contribution in [0, 0.1) is 57.7 Å². The molecular formula is C112H118N20O17. The van der Waals surface area contributed by atoms with Crippen LogP contribution in [0.25, 0.3) is 43.6 Å². The Morgan fingerprint density at radius 2 is 0.557 bits per heavy atom. The van der Waals surface area contributed by atoms with Gasteiger partial charge < -0.3 is 107 Å². The van der Waals surface area contributed by atoms with E-state index in [1.807, 2.05) is 213 Å². The lowest BCUT2D eigenvalue weighted by atomic mass is 9.79. The lowest BCUT2D eigenvalue weighted by Gasteiger charge is -2.29. The minimum Gasteiger partial charge on any atom is -0.496 e. The Labute approximate surface area is 858 Å². The number of primary amides is 1. The molecule has 149 heavy (non-hydrogen) atoms. The number of nitrogens with two attached hydrogens (primary N) is 1. The molecule has 8 aromatic carbocycles. The molecule has 4 fully saturated rings. The molecule has 37 heteroatoms. The summed E-state index contributed by atoms with van der Waals surface area (Å²) < 4.78 is 21.5. The van der Waals surface area contributed by atoms with E-state index in [0.717, 1.165) is 65.9 Å². The number of nitrogens with one attached hydrogen (secondary N) is 12. The number of fused-ring (bicyclic) bond motifs is 12. The van der Waals surface area contributed by atoms with Crippen LogP contribution in [0.1, 0.15) is 171 Å². The molecule has 20 rings (SSSR count). The highest BCUT2D eigenvalue weighted by atomic mass is 16.5. The summed E-state index contributed by atoms with van der Waals surface area (Å²) >= 11 is 0. The van der Waals surface area contributed by atoms with Crippen LogP contribution in [0.4, 0.5) is 22.7 Å². The van der Waals surface area contributed by atoms with Crippen LogP contribution in [0.2, 0.25) is 0 Å². The monoisotopic (exact) mass is 2010 g/mol. The third-order valence-corrected chi connectivity index (χ3v) is 29.4. The summed E-state index contributed by atoms with van der Waals surface area (Å²) in [6.07, 6.45) is 2.22. The number of ether oxygens (including phenoxy) is 4. The van der Waals surface area contributed by atoms with Gasteiger partial charge in [0.25, 0.3) is 23.6 Å². The molecule has 12 heterocycles. The van der Waals surface area contributed by atoms with Crippen molar-refractivity contribution in [1.82, 2.24) is 60.8 Å². The van der Waals surface area contributed by atoms with E-state index < -0.39 is 105 Å². The molecule has 8 aliphatic rings. The van der Waals surface area contributed by atoms with E-state index in [0.29, 0.717) is 88.5 Å². The molecule has 4 aromatic heterocycles. The Morgan fingerprint density at radius 1 is 0.336 bits per heavy atom. The van der Waals surface area contributed by atoms with E-state index in [1.54, 1.807) is 64.8 Å². The average Bonchev–Trinajstić information content (AvgIpc) is 1.58. The molecule has 14 N–H and O–H groups in total. The summed E-state index contributed by atoms with van der Waals surface area (Å²) in [4.78, 5) is 192. The number of hydrogen-bond donors (Lipinski definition) is 13. The van der Waals surface area contributed by atoms with E-state index >= 15 is 0 Å². The SMILES string of the molecule is COc1cccc2[nH]c(C(=O)NC(CC(C)C)C(=O)N3C[C@]4(C[C@H]3C#N)C(=O)Nc3ccccc34)cc12.COc1cccc2[nH]c(C(=O)NC(CC(C)C)C(=O)N3C[C@]4(C[C@H]3C(N)=O)C(=O)Nc3ccccc34)cc12.COc1cccc2[nH]c(C(=O)N[C@@H](CC(C)C)C(=O)N3C[C@]4(C[C@H]3C#N)C(=O)Nc3ccccc34)cc12.COc1cccc2[nH]c(C(=O)N[C@H](CC(C)C)C(=O)N3C[C@]4(C[C@H]3C#N)C(=O)Nc3ccccc34)cc12. The summed E-state index contributed by atoms with van der Waals surface area (Å²) in [6.45, 7) is 15.9. The number of hydrogen-bond acceptors (Lipinski definition) is 20. The zero-order valence-electron chi connectivity index (χ0n) is 84.5. The first-order valence-corrected chi connectivity index (χ1v) is 49.7. The van der Waals surface area contributed by atoms with E-state index in [4.69, 9.17) is 24.7 Å². The fraction of sp³-hybridized carbons (Fsp3) is 0.357. The fourth-order valence-electron chi connectivity index (χ4n) is 22.3. The lowest BCUT2D eigenvalue weighted by Crippen LogP contribution is -2.53. The second-order valence-electron chi connectivity index (χ2n) is 40.9. The number of aromatic amines is 4. The largest absolute Gasteiger partial charge is 0.496 e. The number of aromatic nitrogens is 4. The highest BCUT2D eigenvalue weighted by molar-refractivity contribution is 6.13. The number of rotatable bonds is 25. The summed E-state index contributed by atoms with van der Waals surface area (Å²) in [6, 6.07) is 57.9. The minimum absolute atomic E-state index is 0.00363. The maximum atomic E-state index is 13.9. The second-order valence-corrected chi connectivity index (χ2v) is 40.9. The molecule has 13 amide bonds. The standard InChI is InChI=1S/C28H31N5O5.3C28H29N5O4/c1-15(2)11-21(31-25(35)20-12-16-18(30-20)9-6-10-23(16)38-3)26(36)33-14-28(13-22(33)24(29)34)17-7-4-5-8-19(17)32-27(28)37;3*1-16(2)11-23(31-25(34)22-12-18-20(30-22)9-6-10-24(18)37-3)26(35)33-15-28(13-17(33)14-29)19-7-4-5-8-21(19)32-27(28)36/h4-10,12,15,21-22,30H,11,13-14H2,1-3H3,(H2,29,34)(H,31,35)(H,32,37);3*4-10,12,16-17,23,30H,11,13,15H2,1-3H3,(H,31,34)(H,32,36)/t21?,22-,28-;17-,23?,28-;17-,23+,28-;17-,23-,28-/m0000/s1. The number of methoxy groups -OCH3 is 4. The molecule has 2 unspecified atom stereocenters. The topological polar surface area (TPSA) is 529 Å². The van der Waals surface area contributed by atoms with Crippen molar-refractivity contribution in [1.29, 1.82) is 15.8 Å². The van der Waals surface area contributed by atoms with Crippen molar-refractivity contribution in [3.05, 3.63) is 239 Å². The number of amides is 13. The van der Waals surface area contributed by atoms with Crippen molar-refractivity contribution < 1.29 is 81.3 Å². The van der Waals surface area contributed by atoms with Gasteiger partial charge >= 0.3 is 0 Å². The third kappa shape index (κ3) is 19.6. The highest BCUT2D eigenvalue weighted by Gasteiger charge is 2.62. The Balaban J connectivity index is 0.000000135. The number of H-pyrrole nitrogens is 4. The Hall–Kier alpha value is -17.3. The van der Waals surface area contributed by atoms with Crippen molar-refractivity contribution >= 4 is 143 Å². The molecule has 0 radical (unpaired) electrons. The number of likely N-dealkylation sites (tertiary alicyclic amines) is 4. The third-order valence-electron chi connectivity index (χ3n) is 29.4. The van der Waals surface area contributed by atoms with Gasteiger partial charge in [-0.25, -0.2) is 0 Å². The Bertz CT molecular complexity index is 6980. The zero-order valence-corrected chi connectivity index (χ0v) is 84.5. The normalized spacial score (nSPS) is 21.1. The quantitative estimate of drug-likeness (QED) is 0.0253. The van der Waals surface area contributed by atoms with Crippen molar-refractivity contribution in [3.63, 3.8) is 0 Å². The van der Waals surface area contributed by atoms with Gasteiger partial charge in [0.15, 0.2) is 0 Å². The number of anilines is 4. The maximum Gasteiger partial charge on any atom is 0.268 e. The van der Waals surface area contributed by atoms with E-state index in [-0.39, 0.29) is 123 Å². The summed E-state index contributed by atoms with van der Waals surface area (Å²) in [5, 5.41) is 55.9. The second kappa shape index (κ2) is 42.0. The molecule has 37 nitrogen and oxygen atoms in total. The van der Waals surface area contributed by atoms with Crippen molar-refractivity contribution in [2.75, 3.05) is 75.9 Å². The van der Waals surface area contributed by atoms with Gasteiger partial charge in [0.1, 0.15) is 94.1 Å². The van der Waals surface area contributed by atoms with Crippen LogP contribution in [-0.2, 0) is 64.8 Å². The number of carbonyl (C=O) groups is 13. The molecule has 768 valence electrons. The first-order valence-electron chi connectivity index (χ1n) is 49.7. The molecule has 4 saturated heterocycles. The number of para-hydroxylation sites is 4. The van der Waals surface area contributed by atoms with Crippen LogP contribution in [-0.4, -0.2) is 219 Å². The average molecular weight is 2020 g/mol. The van der Waals surface area contributed by atoms with Crippen molar-refractivity contribution in [2.24, 2.45) is 29.4 Å². The van der Waals surface area contributed by atoms with Crippen LogP contribution in [0.3, 0.4) is 0 Å². The van der Waals surface area contributed by atoms with Gasteiger partial charge in [0, 0.05) is 112 Å². The van der Waals surface area contributed by atoms with Crippen LogP contribution < -0.4 is 67.2 Å². The molecule has 8 aliphatic heterocycles. The van der Waals surface area contributed by atoms with Gasteiger partial charge in [-0.1, -0.05) is 152 Å². The Morgan fingerprint density at radius 3 is 0.779 bits per heavy atom. The van der Waals surface area contributed by atoms with Gasteiger partial charge in [-0.05, 0) is 175 Å². The number of carbonyl (C=O) groups excluding carboxylic acids is 13. The van der Waals surface area contributed by atoms with Gasteiger partial charge in [-0.3, -0.25) is 62.3 Å². The van der Waals surface area contributed by atoms with Gasteiger partial charge in [-0.15, -0.1) is 0 Å². The molecule has 0 aliphatic carbocycles. The van der Waals surface area contributed by atoms with Gasteiger partial charge in [-0.2, -0.15) is 15.8 Å². The zero-order chi connectivity index (χ0) is 106. The molecule has 0 saturated carbocycles. The van der Waals surface area contributed by atoms with Crippen LogP contribution >= 0.6 is 0 Å². The van der Waals surface area contributed by atoms with Gasteiger partial charge in [0.05, 0.1) is 68.3 Å². The van der Waals surface area contributed by atoms with Crippen LogP contribution in [0.5, 0.6) is 23.0 Å². The first kappa shape index (κ1) is 103. The molecular weight excluding hydrogens is 1900 g/mol. The van der Waals surface area contributed by atoms with E-state index in [2.05, 4.69) is 80.7 Å². The van der Waals surface area contributed by atoms with Crippen molar-refractivity contribution in [3.8, 4) is 41.2 Å². The van der Waals surface area contributed by atoms with Gasteiger partial charge in [0.2, 0.25) is 53.2 Å². The maximum absolute atomic E-state index is 13.9. The minimum atomic E-state index is -1.08. The van der Waals surface area contributed by atoms with E-state index in [9.17, 15) is 78.1 Å². The Kier molecular flexibility index (Phi) is 29.1. The summed E-state index contributed by atoms with van der Waals surface area (Å²) in [5.41, 5.74) is 11.8. The highest BCUT2D eigenvalue weighted by Crippen LogP contribution is 2.52. The number of nitrogens with zero attached hydrogens (tertiary/aromatic N) is 7. The molecule has 12 aromatic rings. The first-order chi connectivity index (χ1) is 71.4. The predicted molar refractivity (Wildman–Crippen MR) is 556 cm³/mol. The summed E-state index contributed by atoms with van der Waals surface area (Å²) in [5.74, 6) is -1.97. The van der Waals surface area contributed by atoms with Crippen molar-refractivity contribution in [2.45, 2.75) is 177 Å². The van der Waals surface area contributed by atoms with E-state index in [1.165, 1.54) is 19.6 Å². The number of nitriles is 3. The predicted octanol–water partition coefficient (Wildman–Crippen LogP) is 12.3. The summed E-state index contributed by atoms with van der Waals surface area (Å²) in [7, 11) is 6.25. The molecule has 4 spiro atoms. The molecule has 0 bridgehead atoms. The smallest absolute Gasteiger partial charge is 0.268 e. The number of benzene rings is 8.